The molecule has 0 saturated carbocycles. The van der Waals surface area contributed by atoms with Crippen molar-refractivity contribution in [3.8, 4) is 10.6 Å². The van der Waals surface area contributed by atoms with Gasteiger partial charge in [0.25, 0.3) is 11.8 Å². The molecule has 0 spiro atoms. The zero-order chi connectivity index (χ0) is 18.5. The number of nitrogens with zero attached hydrogens (tertiary/aromatic N) is 2. The number of carbonyl (C=O) groups is 2. The minimum atomic E-state index is -0.469. The van der Waals surface area contributed by atoms with Crippen molar-refractivity contribution in [3.05, 3.63) is 71.0 Å². The van der Waals surface area contributed by atoms with E-state index in [1.807, 2.05) is 12.1 Å². The van der Waals surface area contributed by atoms with Gasteiger partial charge in [-0.2, -0.15) is 0 Å². The van der Waals surface area contributed by atoms with E-state index < -0.39 is 11.8 Å². The lowest BCUT2D eigenvalue weighted by Gasteiger charge is -2.06. The van der Waals surface area contributed by atoms with Gasteiger partial charge >= 0.3 is 0 Å². The van der Waals surface area contributed by atoms with Gasteiger partial charge in [-0.25, -0.2) is 4.98 Å². The van der Waals surface area contributed by atoms with Crippen LogP contribution < -0.4 is 10.9 Å². The smallest absolute Gasteiger partial charge is 0.267 e. The molecule has 3 rings (SSSR count). The molecule has 0 atom stereocenters. The van der Waals surface area contributed by atoms with Crippen LogP contribution in [0.4, 0.5) is 0 Å². The molecule has 0 unspecified atom stereocenters. The highest BCUT2D eigenvalue weighted by molar-refractivity contribution is 7.13. The van der Waals surface area contributed by atoms with Crippen molar-refractivity contribution in [3.63, 3.8) is 0 Å². The van der Waals surface area contributed by atoms with Gasteiger partial charge in [0, 0.05) is 23.3 Å². The van der Waals surface area contributed by atoms with Gasteiger partial charge in [0.15, 0.2) is 0 Å². The predicted octanol–water partition coefficient (Wildman–Crippen LogP) is 3.40. The van der Waals surface area contributed by atoms with Gasteiger partial charge in [-0.15, -0.1) is 11.3 Å². The average molecular weight is 366 g/mol. The van der Waals surface area contributed by atoms with Crippen molar-refractivity contribution >= 4 is 23.2 Å². The summed E-state index contributed by atoms with van der Waals surface area (Å²) < 4.78 is 0. The fourth-order valence-electron chi connectivity index (χ4n) is 2.27. The van der Waals surface area contributed by atoms with Gasteiger partial charge in [0.1, 0.15) is 10.7 Å². The zero-order valence-electron chi connectivity index (χ0n) is 14.4. The van der Waals surface area contributed by atoms with Crippen molar-refractivity contribution in [1.29, 1.82) is 0 Å². The fraction of sp³-hybridized carbons (Fsp3) is 0.158. The topological polar surface area (TPSA) is 84.0 Å². The van der Waals surface area contributed by atoms with Crippen LogP contribution in [0.2, 0.25) is 0 Å². The number of hydrogen-bond acceptors (Lipinski definition) is 5. The largest absolute Gasteiger partial charge is 0.289 e. The molecule has 0 aliphatic heterocycles. The standard InChI is InChI=1S/C19H18N4O2S/c1-12(2)13-5-7-14(8-6-13)19-21-16(11-26-19)18(25)23-22-17(24)15-4-3-9-20-10-15/h3-12H,1-2H3,(H,22,24)(H,23,25). The first-order valence-electron chi connectivity index (χ1n) is 8.11. The Labute approximate surface area is 155 Å². The molecule has 3 aromatic rings. The predicted molar refractivity (Wildman–Crippen MR) is 101 cm³/mol. The van der Waals surface area contributed by atoms with Crippen LogP contribution in [0.1, 0.15) is 46.2 Å². The zero-order valence-corrected chi connectivity index (χ0v) is 15.2. The molecule has 0 radical (unpaired) electrons. The van der Waals surface area contributed by atoms with Crippen LogP contribution in [-0.4, -0.2) is 21.8 Å². The molecule has 0 aliphatic rings. The molecule has 2 heterocycles. The number of thiazole rings is 1. The molecule has 0 saturated heterocycles. The summed E-state index contributed by atoms with van der Waals surface area (Å²) >= 11 is 1.38. The van der Waals surface area contributed by atoms with Crippen LogP contribution in [0, 0.1) is 0 Å². The van der Waals surface area contributed by atoms with Crippen LogP contribution in [0.15, 0.2) is 54.2 Å². The molecule has 6 nitrogen and oxygen atoms in total. The number of nitrogens with one attached hydrogen (secondary N) is 2. The normalized spacial score (nSPS) is 10.6. The van der Waals surface area contributed by atoms with E-state index in [9.17, 15) is 9.59 Å². The summed E-state index contributed by atoms with van der Waals surface area (Å²) in [5, 5.41) is 2.42. The average Bonchev–Trinajstić information content (AvgIpc) is 3.17. The van der Waals surface area contributed by atoms with Crippen LogP contribution in [-0.2, 0) is 0 Å². The summed E-state index contributed by atoms with van der Waals surface area (Å²) in [5.74, 6) is -0.445. The summed E-state index contributed by atoms with van der Waals surface area (Å²) in [6.45, 7) is 4.28. The molecular formula is C19H18N4O2S. The molecule has 2 N–H and O–H groups in total. The molecule has 0 fully saturated rings. The molecule has 2 amide bonds. The van der Waals surface area contributed by atoms with Crippen LogP contribution >= 0.6 is 11.3 Å². The number of rotatable bonds is 4. The summed E-state index contributed by atoms with van der Waals surface area (Å²) in [6, 6.07) is 11.4. The third-order valence-electron chi connectivity index (χ3n) is 3.77. The summed E-state index contributed by atoms with van der Waals surface area (Å²) in [4.78, 5) is 32.3. The Kier molecular flexibility index (Phi) is 5.38. The van der Waals surface area contributed by atoms with Crippen molar-refractivity contribution in [2.45, 2.75) is 19.8 Å². The molecular weight excluding hydrogens is 348 g/mol. The molecule has 1 aromatic carbocycles. The highest BCUT2D eigenvalue weighted by Gasteiger charge is 2.13. The van der Waals surface area contributed by atoms with Gasteiger partial charge < -0.3 is 0 Å². The summed E-state index contributed by atoms with van der Waals surface area (Å²) in [7, 11) is 0. The Morgan fingerprint density at radius 1 is 1.04 bits per heavy atom. The molecule has 26 heavy (non-hydrogen) atoms. The van der Waals surface area contributed by atoms with E-state index in [1.54, 1.807) is 23.7 Å². The molecule has 132 valence electrons. The Balaban J connectivity index is 1.63. The fourth-order valence-corrected chi connectivity index (χ4v) is 3.07. The molecule has 0 bridgehead atoms. The lowest BCUT2D eigenvalue weighted by Crippen LogP contribution is -2.41. The maximum absolute atomic E-state index is 12.2. The first-order valence-corrected chi connectivity index (χ1v) is 8.99. The molecule has 0 aliphatic carbocycles. The minimum Gasteiger partial charge on any atom is -0.267 e. The molecule has 7 heteroatoms. The van der Waals surface area contributed by atoms with Crippen molar-refractivity contribution < 1.29 is 9.59 Å². The third-order valence-corrected chi connectivity index (χ3v) is 4.67. The SMILES string of the molecule is CC(C)c1ccc(-c2nc(C(=O)NNC(=O)c3cccnc3)cs2)cc1. The van der Waals surface area contributed by atoms with Crippen molar-refractivity contribution in [2.24, 2.45) is 0 Å². The van der Waals surface area contributed by atoms with E-state index in [-0.39, 0.29) is 5.69 Å². The van der Waals surface area contributed by atoms with Gasteiger partial charge in [0.05, 0.1) is 5.56 Å². The van der Waals surface area contributed by atoms with E-state index in [2.05, 4.69) is 46.8 Å². The number of aromatic nitrogens is 2. The highest BCUT2D eigenvalue weighted by Crippen LogP contribution is 2.25. The monoisotopic (exact) mass is 366 g/mol. The van der Waals surface area contributed by atoms with Gasteiger partial charge in [0.2, 0.25) is 0 Å². The van der Waals surface area contributed by atoms with Crippen molar-refractivity contribution in [1.82, 2.24) is 20.8 Å². The Hall–Kier alpha value is -3.06. The Morgan fingerprint density at radius 2 is 1.77 bits per heavy atom. The van der Waals surface area contributed by atoms with E-state index in [4.69, 9.17) is 0 Å². The second-order valence-corrected chi connectivity index (χ2v) is 6.82. The lowest BCUT2D eigenvalue weighted by molar-refractivity contribution is 0.0844. The first kappa shape index (κ1) is 17.8. The van der Waals surface area contributed by atoms with E-state index in [0.717, 1.165) is 10.6 Å². The van der Waals surface area contributed by atoms with Gasteiger partial charge in [-0.05, 0) is 23.6 Å². The second-order valence-electron chi connectivity index (χ2n) is 5.96. The van der Waals surface area contributed by atoms with Crippen molar-refractivity contribution in [2.75, 3.05) is 0 Å². The van der Waals surface area contributed by atoms with Gasteiger partial charge in [-0.1, -0.05) is 38.1 Å². The number of hydrogen-bond donors (Lipinski definition) is 2. The maximum Gasteiger partial charge on any atom is 0.289 e. The van der Waals surface area contributed by atoms with E-state index in [1.165, 1.54) is 23.1 Å². The number of hydrazine groups is 1. The van der Waals surface area contributed by atoms with Crippen LogP contribution in [0.5, 0.6) is 0 Å². The second kappa shape index (κ2) is 7.88. The number of carbonyl (C=O) groups excluding carboxylic acids is 2. The lowest BCUT2D eigenvalue weighted by atomic mass is 10.0. The number of pyridine rings is 1. The van der Waals surface area contributed by atoms with E-state index in [0.29, 0.717) is 11.5 Å². The Morgan fingerprint density at radius 3 is 2.42 bits per heavy atom. The highest BCUT2D eigenvalue weighted by atomic mass is 32.1. The summed E-state index contributed by atoms with van der Waals surface area (Å²) in [5.41, 5.74) is 7.54. The van der Waals surface area contributed by atoms with Gasteiger partial charge in [-0.3, -0.25) is 25.4 Å². The quantitative estimate of drug-likeness (QED) is 0.693. The first-order chi connectivity index (χ1) is 12.5. The number of benzene rings is 1. The third kappa shape index (κ3) is 4.12. The summed E-state index contributed by atoms with van der Waals surface area (Å²) in [6.07, 6.45) is 2.99. The van der Waals surface area contributed by atoms with E-state index >= 15 is 0 Å². The maximum atomic E-state index is 12.2. The van der Waals surface area contributed by atoms with Crippen LogP contribution in [0.3, 0.4) is 0 Å². The molecule has 2 aromatic heterocycles. The number of amides is 2. The Bertz CT molecular complexity index is 905. The van der Waals surface area contributed by atoms with Crippen LogP contribution in [0.25, 0.3) is 10.6 Å². The minimum absolute atomic E-state index is 0.254.